The topological polar surface area (TPSA) is 32.7 Å². The molecule has 2 aliphatic heterocycles. The van der Waals surface area contributed by atoms with Gasteiger partial charge < -0.3 is 0 Å². The highest BCUT2D eigenvalue weighted by Gasteiger charge is 2.50. The Hall–Kier alpha value is -2.28. The minimum absolute atomic E-state index is 0.218. The summed E-state index contributed by atoms with van der Waals surface area (Å²) in [5, 5.41) is 5.69. The predicted octanol–water partition coefficient (Wildman–Crippen LogP) is 4.57. The van der Waals surface area contributed by atoms with Gasteiger partial charge in [-0.1, -0.05) is 18.2 Å². The van der Waals surface area contributed by atoms with Crippen LogP contribution in [0.1, 0.15) is 18.1 Å². The maximum absolute atomic E-state index is 12.9. The minimum Gasteiger partial charge on any atom is -0.271 e. The molecule has 128 valence electrons. The monoisotopic (exact) mass is 362 g/mol. The van der Waals surface area contributed by atoms with E-state index in [-0.39, 0.29) is 5.91 Å². The highest BCUT2D eigenvalue weighted by Crippen LogP contribution is 2.45. The third kappa shape index (κ3) is 2.45. The summed E-state index contributed by atoms with van der Waals surface area (Å²) in [7, 11) is 0. The van der Waals surface area contributed by atoms with Gasteiger partial charge in [0.1, 0.15) is 5.41 Å². The highest BCUT2D eigenvalue weighted by molar-refractivity contribution is 7.99. The second kappa shape index (κ2) is 5.36. The average Bonchev–Trinajstić information content (AvgIpc) is 2.86. The number of alkyl halides is 3. The number of carbonyl (C=O) groups excluding carboxylic acids is 1. The summed E-state index contributed by atoms with van der Waals surface area (Å²) < 4.78 is 38.2. The number of rotatable bonds is 1. The largest absolute Gasteiger partial charge is 0.416 e. The summed E-state index contributed by atoms with van der Waals surface area (Å²) in [6.07, 6.45) is -4.41. The fraction of sp³-hybridized carbons (Fsp3) is 0.222. The Kier molecular flexibility index (Phi) is 3.47. The smallest absolute Gasteiger partial charge is 0.271 e. The van der Waals surface area contributed by atoms with E-state index in [1.54, 1.807) is 11.8 Å². The Morgan fingerprint density at radius 1 is 1.12 bits per heavy atom. The Bertz CT molecular complexity index is 892. The quantitative estimate of drug-likeness (QED) is 0.745. The molecule has 2 heterocycles. The molecule has 0 aliphatic carbocycles. The molecular formula is C18H13F3N2OS. The van der Waals surface area contributed by atoms with E-state index in [4.69, 9.17) is 0 Å². The zero-order valence-corrected chi connectivity index (χ0v) is 14.0. The van der Waals surface area contributed by atoms with Crippen LogP contribution in [-0.4, -0.2) is 17.4 Å². The van der Waals surface area contributed by atoms with Crippen molar-refractivity contribution in [3.63, 3.8) is 0 Å². The van der Waals surface area contributed by atoms with Crippen LogP contribution in [0, 0.1) is 5.41 Å². The van der Waals surface area contributed by atoms with Crippen molar-refractivity contribution >= 4 is 29.1 Å². The van der Waals surface area contributed by atoms with Gasteiger partial charge in [-0.25, -0.2) is 0 Å². The van der Waals surface area contributed by atoms with Gasteiger partial charge in [0.25, 0.3) is 5.91 Å². The summed E-state index contributed by atoms with van der Waals surface area (Å²) >= 11 is 1.59. The van der Waals surface area contributed by atoms with Gasteiger partial charge >= 0.3 is 6.18 Å². The van der Waals surface area contributed by atoms with Gasteiger partial charge in [-0.15, -0.1) is 11.8 Å². The van der Waals surface area contributed by atoms with Crippen LogP contribution in [0.15, 0.2) is 58.5 Å². The number of nitrogens with zero attached hydrogens (tertiary/aromatic N) is 2. The maximum atomic E-state index is 12.9. The van der Waals surface area contributed by atoms with E-state index in [0.29, 0.717) is 17.2 Å². The molecule has 0 saturated heterocycles. The predicted molar refractivity (Wildman–Crippen MR) is 90.7 cm³/mol. The first kappa shape index (κ1) is 16.2. The fourth-order valence-electron chi connectivity index (χ4n) is 3.05. The summed E-state index contributed by atoms with van der Waals surface area (Å²) in [4.78, 5) is 14.0. The van der Waals surface area contributed by atoms with Crippen LogP contribution in [0.4, 0.5) is 18.9 Å². The Balaban J connectivity index is 1.76. The maximum Gasteiger partial charge on any atom is 0.416 e. The lowest BCUT2D eigenvalue weighted by Gasteiger charge is -2.29. The molecule has 0 radical (unpaired) electrons. The average molecular weight is 362 g/mol. The van der Waals surface area contributed by atoms with E-state index >= 15 is 0 Å². The van der Waals surface area contributed by atoms with Gasteiger partial charge in [0, 0.05) is 16.2 Å². The standard InChI is InChI=1S/C18H13F3N2OS/c1-17-10-25-14-5-3-2-4-13(14)15(17)22-23(16(17)24)12-8-6-11(7-9-12)18(19,20)21/h2-9H,10H2,1H3. The van der Waals surface area contributed by atoms with Crippen LogP contribution in [0.3, 0.4) is 0 Å². The molecule has 4 rings (SSSR count). The van der Waals surface area contributed by atoms with Crippen molar-refractivity contribution in [3.05, 3.63) is 59.7 Å². The number of benzene rings is 2. The van der Waals surface area contributed by atoms with Crippen LogP contribution in [0.5, 0.6) is 0 Å². The molecule has 1 unspecified atom stereocenters. The van der Waals surface area contributed by atoms with Gasteiger partial charge in [0.05, 0.1) is 17.0 Å². The fourth-order valence-corrected chi connectivity index (χ4v) is 4.25. The Labute approximate surface area is 146 Å². The molecule has 0 spiro atoms. The molecule has 2 aromatic rings. The summed E-state index contributed by atoms with van der Waals surface area (Å²) in [5.74, 6) is 0.336. The first-order valence-electron chi connectivity index (χ1n) is 7.64. The zero-order chi connectivity index (χ0) is 17.8. The number of halogens is 3. The van der Waals surface area contributed by atoms with Crippen molar-refractivity contribution in [1.29, 1.82) is 0 Å². The van der Waals surface area contributed by atoms with Crippen molar-refractivity contribution in [3.8, 4) is 0 Å². The van der Waals surface area contributed by atoms with Gasteiger partial charge in [-0.05, 0) is 37.3 Å². The van der Waals surface area contributed by atoms with E-state index in [9.17, 15) is 18.0 Å². The first-order valence-corrected chi connectivity index (χ1v) is 8.62. The van der Waals surface area contributed by atoms with Crippen LogP contribution in [0.2, 0.25) is 0 Å². The Morgan fingerprint density at radius 3 is 2.48 bits per heavy atom. The van der Waals surface area contributed by atoms with E-state index in [1.165, 1.54) is 17.1 Å². The lowest BCUT2D eigenvalue weighted by atomic mass is 9.83. The van der Waals surface area contributed by atoms with Crippen molar-refractivity contribution in [2.75, 3.05) is 10.8 Å². The molecule has 0 aromatic heterocycles. The zero-order valence-electron chi connectivity index (χ0n) is 13.2. The Morgan fingerprint density at radius 2 is 1.80 bits per heavy atom. The first-order chi connectivity index (χ1) is 11.8. The molecule has 0 fully saturated rings. The molecule has 0 bridgehead atoms. The van der Waals surface area contributed by atoms with E-state index in [1.807, 2.05) is 31.2 Å². The van der Waals surface area contributed by atoms with Crippen molar-refractivity contribution in [2.45, 2.75) is 18.0 Å². The van der Waals surface area contributed by atoms with Gasteiger partial charge in [0.15, 0.2) is 0 Å². The minimum atomic E-state index is -4.41. The number of carbonyl (C=O) groups is 1. The molecule has 3 nitrogen and oxygen atoms in total. The second-order valence-electron chi connectivity index (χ2n) is 6.23. The molecule has 25 heavy (non-hydrogen) atoms. The lowest BCUT2D eigenvalue weighted by Crippen LogP contribution is -2.41. The highest BCUT2D eigenvalue weighted by atomic mass is 32.2. The van der Waals surface area contributed by atoms with Gasteiger partial charge in [-0.2, -0.15) is 23.3 Å². The molecule has 1 amide bonds. The number of hydrogen-bond donors (Lipinski definition) is 0. The number of hydrogen-bond acceptors (Lipinski definition) is 3. The molecule has 2 aromatic carbocycles. The van der Waals surface area contributed by atoms with Crippen LogP contribution in [0.25, 0.3) is 0 Å². The van der Waals surface area contributed by atoms with Crippen LogP contribution in [-0.2, 0) is 11.0 Å². The van der Waals surface area contributed by atoms with Gasteiger partial charge in [-0.3, -0.25) is 4.79 Å². The normalized spacial score (nSPS) is 22.5. The van der Waals surface area contributed by atoms with E-state index in [2.05, 4.69) is 5.10 Å². The van der Waals surface area contributed by atoms with Crippen molar-refractivity contribution in [1.82, 2.24) is 0 Å². The summed E-state index contributed by atoms with van der Waals surface area (Å²) in [6, 6.07) is 12.2. The molecule has 1 atom stereocenters. The lowest BCUT2D eigenvalue weighted by molar-refractivity contribution is -0.137. The number of hydrazone groups is 1. The third-order valence-electron chi connectivity index (χ3n) is 4.48. The molecule has 7 heteroatoms. The summed E-state index contributed by atoms with van der Waals surface area (Å²) in [6.45, 7) is 1.83. The third-order valence-corrected chi connectivity index (χ3v) is 5.87. The number of thioether (sulfide) groups is 1. The number of fused-ring (bicyclic) bond motifs is 3. The van der Waals surface area contributed by atoms with E-state index in [0.717, 1.165) is 22.6 Å². The SMILES string of the molecule is CC12CSc3ccccc3C1=NN(c1ccc(C(F)(F)F)cc1)C2=O. The molecule has 2 aliphatic rings. The number of anilines is 1. The van der Waals surface area contributed by atoms with Crippen molar-refractivity contribution in [2.24, 2.45) is 10.5 Å². The van der Waals surface area contributed by atoms with Crippen LogP contribution < -0.4 is 5.01 Å². The number of amides is 1. The summed E-state index contributed by atoms with van der Waals surface area (Å²) in [5.41, 5.74) is 0.390. The second-order valence-corrected chi connectivity index (χ2v) is 7.24. The van der Waals surface area contributed by atoms with Crippen LogP contribution >= 0.6 is 11.8 Å². The molecule has 0 N–H and O–H groups in total. The van der Waals surface area contributed by atoms with Gasteiger partial charge in [0.2, 0.25) is 0 Å². The molecular weight excluding hydrogens is 349 g/mol. The molecule has 0 saturated carbocycles. The van der Waals surface area contributed by atoms with Crippen molar-refractivity contribution < 1.29 is 18.0 Å². The van der Waals surface area contributed by atoms with E-state index < -0.39 is 17.2 Å².